The molecule has 9 heteroatoms. The van der Waals surface area contributed by atoms with Crippen LogP contribution >= 0.6 is 0 Å². The summed E-state index contributed by atoms with van der Waals surface area (Å²) in [5.41, 5.74) is 3.40. The zero-order valence-electron chi connectivity index (χ0n) is 25.5. The topological polar surface area (TPSA) is 103 Å². The maximum Gasteiger partial charge on any atom is 0.415 e. The van der Waals surface area contributed by atoms with Gasteiger partial charge in [0.15, 0.2) is 11.5 Å². The summed E-state index contributed by atoms with van der Waals surface area (Å²) in [6.45, 7) is 12.1. The molecule has 4 aromatic rings. The quantitative estimate of drug-likeness (QED) is 0.241. The minimum absolute atomic E-state index is 0.169. The number of fused-ring (bicyclic) bond motifs is 1. The van der Waals surface area contributed by atoms with Gasteiger partial charge in [0.1, 0.15) is 5.69 Å². The van der Waals surface area contributed by atoms with Gasteiger partial charge in [0.25, 0.3) is 0 Å². The maximum absolute atomic E-state index is 13.5. The standard InChI is InChI=1S/C33H38N4O5/c1-9-37(10-2)32(39)42-29-22(16-18-26(40-7)30(29)41-8)23-19-20(3)34-28(27(23)36-31(38)33(4,5)6)25-17-15-21-13-11-12-14-24(21)35-25/h11-19H,9-10H2,1-8H3,(H,36,38). The Balaban J connectivity index is 2.04. The van der Waals surface area contributed by atoms with E-state index in [1.165, 1.54) is 14.2 Å². The lowest BCUT2D eigenvalue weighted by Crippen LogP contribution is -2.33. The van der Waals surface area contributed by atoms with Crippen molar-refractivity contribution in [3.63, 3.8) is 0 Å². The van der Waals surface area contributed by atoms with Gasteiger partial charge in [-0.15, -0.1) is 0 Å². The lowest BCUT2D eigenvalue weighted by molar-refractivity contribution is -0.123. The molecule has 0 unspecified atom stereocenters. The lowest BCUT2D eigenvalue weighted by atomic mass is 9.94. The molecule has 2 amide bonds. The van der Waals surface area contributed by atoms with Crippen LogP contribution in [-0.4, -0.2) is 54.2 Å². The second kappa shape index (κ2) is 12.5. The Hall–Kier alpha value is -4.66. The van der Waals surface area contributed by atoms with Crippen molar-refractivity contribution >= 4 is 28.6 Å². The van der Waals surface area contributed by atoms with Crippen LogP contribution in [0.15, 0.2) is 54.6 Å². The van der Waals surface area contributed by atoms with Gasteiger partial charge in [-0.2, -0.15) is 0 Å². The summed E-state index contributed by atoms with van der Waals surface area (Å²) in [5.74, 6) is 0.608. The minimum atomic E-state index is -0.702. The summed E-state index contributed by atoms with van der Waals surface area (Å²) in [4.78, 5) is 38.0. The van der Waals surface area contributed by atoms with E-state index in [0.717, 1.165) is 10.9 Å². The monoisotopic (exact) mass is 570 g/mol. The van der Waals surface area contributed by atoms with Crippen LogP contribution in [0.3, 0.4) is 0 Å². The van der Waals surface area contributed by atoms with E-state index in [1.807, 2.05) is 84.0 Å². The number of methoxy groups -OCH3 is 2. The molecule has 9 nitrogen and oxygen atoms in total. The maximum atomic E-state index is 13.5. The molecule has 0 aliphatic rings. The first-order chi connectivity index (χ1) is 20.0. The number of carbonyl (C=O) groups is 2. The van der Waals surface area contributed by atoms with Crippen LogP contribution in [0.25, 0.3) is 33.4 Å². The Labute approximate surface area is 246 Å². The fraction of sp³-hybridized carbons (Fsp3) is 0.333. The number of hydrogen-bond donors (Lipinski definition) is 1. The van der Waals surface area contributed by atoms with Crippen molar-refractivity contribution in [1.29, 1.82) is 0 Å². The average molecular weight is 571 g/mol. The van der Waals surface area contributed by atoms with Crippen LogP contribution < -0.4 is 19.5 Å². The van der Waals surface area contributed by atoms with Crippen LogP contribution in [-0.2, 0) is 4.79 Å². The Kier molecular flexibility index (Phi) is 8.99. The minimum Gasteiger partial charge on any atom is -0.493 e. The van der Waals surface area contributed by atoms with Crippen molar-refractivity contribution in [2.45, 2.75) is 41.5 Å². The van der Waals surface area contributed by atoms with E-state index in [0.29, 0.717) is 52.7 Å². The fourth-order valence-corrected chi connectivity index (χ4v) is 4.54. The predicted octanol–water partition coefficient (Wildman–Crippen LogP) is 7.11. The molecular formula is C33H38N4O5. The molecule has 220 valence electrons. The normalized spacial score (nSPS) is 11.2. The SMILES string of the molecule is CCN(CC)C(=O)Oc1c(-c2cc(C)nc(-c3ccc4ccccc4n3)c2NC(=O)C(C)(C)C)ccc(OC)c1OC. The number of nitrogens with zero attached hydrogens (tertiary/aromatic N) is 3. The number of pyridine rings is 2. The summed E-state index contributed by atoms with van der Waals surface area (Å²) >= 11 is 0. The summed E-state index contributed by atoms with van der Waals surface area (Å²) in [5, 5.41) is 4.10. The Morgan fingerprint density at radius 2 is 1.60 bits per heavy atom. The molecule has 0 saturated heterocycles. The van der Waals surface area contributed by atoms with Crippen molar-refractivity contribution < 1.29 is 23.8 Å². The molecular weight excluding hydrogens is 532 g/mol. The average Bonchev–Trinajstić information content (AvgIpc) is 2.97. The van der Waals surface area contributed by atoms with E-state index < -0.39 is 11.5 Å². The number of nitrogens with one attached hydrogen (secondary N) is 1. The van der Waals surface area contributed by atoms with Gasteiger partial charge >= 0.3 is 6.09 Å². The van der Waals surface area contributed by atoms with E-state index in [-0.39, 0.29) is 17.4 Å². The van der Waals surface area contributed by atoms with Crippen LogP contribution in [0.5, 0.6) is 17.2 Å². The number of aromatic nitrogens is 2. The second-order valence-corrected chi connectivity index (χ2v) is 10.8. The largest absolute Gasteiger partial charge is 0.493 e. The third-order valence-electron chi connectivity index (χ3n) is 6.91. The van der Waals surface area contributed by atoms with Crippen LogP contribution in [0.1, 0.15) is 40.3 Å². The van der Waals surface area contributed by atoms with Crippen LogP contribution in [0.4, 0.5) is 10.5 Å². The van der Waals surface area contributed by atoms with Gasteiger partial charge in [0.05, 0.1) is 31.1 Å². The molecule has 0 radical (unpaired) electrons. The van der Waals surface area contributed by atoms with Gasteiger partial charge < -0.3 is 24.4 Å². The summed E-state index contributed by atoms with van der Waals surface area (Å²) < 4.78 is 17.3. The molecule has 1 N–H and O–H groups in total. The van der Waals surface area contributed by atoms with E-state index in [4.69, 9.17) is 24.2 Å². The number of hydrogen-bond acceptors (Lipinski definition) is 7. The number of benzene rings is 2. The number of amides is 2. The highest BCUT2D eigenvalue weighted by atomic mass is 16.6. The molecule has 0 aliphatic heterocycles. The smallest absolute Gasteiger partial charge is 0.415 e. The van der Waals surface area contributed by atoms with Crippen molar-refractivity contribution in [3.8, 4) is 39.8 Å². The van der Waals surface area contributed by atoms with E-state index in [2.05, 4.69) is 5.32 Å². The number of ether oxygens (including phenoxy) is 3. The molecule has 2 aromatic heterocycles. The second-order valence-electron chi connectivity index (χ2n) is 10.8. The van der Waals surface area contributed by atoms with Gasteiger partial charge in [-0.05, 0) is 51.1 Å². The van der Waals surface area contributed by atoms with Crippen molar-refractivity contribution in [3.05, 3.63) is 60.3 Å². The third kappa shape index (κ3) is 6.15. The zero-order valence-corrected chi connectivity index (χ0v) is 25.5. The Bertz CT molecular complexity index is 1620. The van der Waals surface area contributed by atoms with Crippen molar-refractivity contribution in [2.24, 2.45) is 5.41 Å². The number of aryl methyl sites for hydroxylation is 1. The van der Waals surface area contributed by atoms with Gasteiger partial charge in [0.2, 0.25) is 11.7 Å². The molecule has 0 atom stereocenters. The number of carbonyl (C=O) groups excluding carboxylic acids is 2. The zero-order chi connectivity index (χ0) is 30.6. The number of rotatable bonds is 8. The Morgan fingerprint density at radius 1 is 0.881 bits per heavy atom. The molecule has 2 heterocycles. The summed E-state index contributed by atoms with van der Waals surface area (Å²) in [7, 11) is 3.00. The van der Waals surface area contributed by atoms with Crippen molar-refractivity contribution in [1.82, 2.24) is 14.9 Å². The van der Waals surface area contributed by atoms with E-state index in [9.17, 15) is 9.59 Å². The third-order valence-corrected chi connectivity index (χ3v) is 6.91. The highest BCUT2D eigenvalue weighted by Gasteiger charge is 2.29. The molecule has 0 aliphatic carbocycles. The highest BCUT2D eigenvalue weighted by molar-refractivity contribution is 6.03. The highest BCUT2D eigenvalue weighted by Crippen LogP contribution is 2.48. The van der Waals surface area contributed by atoms with Crippen LogP contribution in [0.2, 0.25) is 0 Å². The summed E-state index contributed by atoms with van der Waals surface area (Å²) in [6.07, 6.45) is -0.532. The number of anilines is 1. The van der Waals surface area contributed by atoms with E-state index >= 15 is 0 Å². The first-order valence-electron chi connectivity index (χ1n) is 13.9. The Morgan fingerprint density at radius 3 is 2.24 bits per heavy atom. The molecule has 0 spiro atoms. The predicted molar refractivity (Wildman–Crippen MR) is 165 cm³/mol. The fourth-order valence-electron chi connectivity index (χ4n) is 4.54. The molecule has 4 rings (SSSR count). The first kappa shape index (κ1) is 30.3. The van der Waals surface area contributed by atoms with Gasteiger partial charge in [-0.25, -0.2) is 14.8 Å². The van der Waals surface area contributed by atoms with E-state index in [1.54, 1.807) is 17.0 Å². The molecule has 0 saturated carbocycles. The van der Waals surface area contributed by atoms with Crippen LogP contribution in [0, 0.1) is 12.3 Å². The molecule has 2 aromatic carbocycles. The molecule has 42 heavy (non-hydrogen) atoms. The van der Waals surface area contributed by atoms with Gasteiger partial charge in [0, 0.05) is 40.7 Å². The number of para-hydroxylation sites is 1. The first-order valence-corrected chi connectivity index (χ1v) is 13.9. The van der Waals surface area contributed by atoms with Gasteiger partial charge in [-0.1, -0.05) is 45.0 Å². The lowest BCUT2D eigenvalue weighted by Gasteiger charge is -2.24. The van der Waals surface area contributed by atoms with Crippen molar-refractivity contribution in [2.75, 3.05) is 32.6 Å². The molecule has 0 fully saturated rings. The summed E-state index contributed by atoms with van der Waals surface area (Å²) in [6, 6.07) is 17.0. The van der Waals surface area contributed by atoms with Gasteiger partial charge in [-0.3, -0.25) is 4.79 Å². The molecule has 0 bridgehead atoms.